The Bertz CT molecular complexity index is 556. The summed E-state index contributed by atoms with van der Waals surface area (Å²) in [5.74, 6) is 0.923. The van der Waals surface area contributed by atoms with Gasteiger partial charge in [0.25, 0.3) is 5.56 Å². The minimum Gasteiger partial charge on any atom is -0.294 e. The molecule has 0 fully saturated rings. The van der Waals surface area contributed by atoms with Crippen molar-refractivity contribution in [2.24, 2.45) is 5.92 Å². The summed E-state index contributed by atoms with van der Waals surface area (Å²) in [5, 5.41) is 10.9. The normalized spacial score (nSPS) is 11.1. The number of aromatic nitrogens is 4. The second kappa shape index (κ2) is 4.71. The molecule has 2 heterocycles. The summed E-state index contributed by atoms with van der Waals surface area (Å²) in [6.45, 7) is 4.19. The highest BCUT2D eigenvalue weighted by Gasteiger charge is 2.07. The highest BCUT2D eigenvalue weighted by Crippen LogP contribution is 2.07. The first-order valence-electron chi connectivity index (χ1n) is 5.37. The molecule has 2 aromatic rings. The van der Waals surface area contributed by atoms with Gasteiger partial charge in [0.05, 0.1) is 0 Å². The van der Waals surface area contributed by atoms with E-state index in [4.69, 9.17) is 11.6 Å². The summed E-state index contributed by atoms with van der Waals surface area (Å²) >= 11 is 5.64. The van der Waals surface area contributed by atoms with Gasteiger partial charge in [-0.25, -0.2) is 0 Å². The monoisotopic (exact) mass is 252 g/mol. The molecule has 6 heteroatoms. The fourth-order valence-electron chi connectivity index (χ4n) is 1.59. The maximum atomic E-state index is 11.7. The Morgan fingerprint density at radius 3 is 2.76 bits per heavy atom. The van der Waals surface area contributed by atoms with Gasteiger partial charge in [0.15, 0.2) is 11.0 Å². The van der Waals surface area contributed by atoms with Crippen molar-refractivity contribution in [3.63, 3.8) is 0 Å². The molecule has 0 aliphatic heterocycles. The fraction of sp³-hybridized carbons (Fsp3) is 0.364. The summed E-state index contributed by atoms with van der Waals surface area (Å²) in [6.07, 6.45) is 0.823. The Kier molecular flexibility index (Phi) is 3.28. The lowest BCUT2D eigenvalue weighted by atomic mass is 10.1. The van der Waals surface area contributed by atoms with Crippen LogP contribution in [-0.4, -0.2) is 20.0 Å². The van der Waals surface area contributed by atoms with E-state index in [9.17, 15) is 4.79 Å². The molecule has 5 nitrogen and oxygen atoms in total. The SMILES string of the molecule is CC(C)Cc1cc(=O)n(-c2ccc(Cl)nn2)[nH]1. The van der Waals surface area contributed by atoms with Crippen LogP contribution < -0.4 is 5.56 Å². The molecule has 2 aromatic heterocycles. The van der Waals surface area contributed by atoms with E-state index in [1.54, 1.807) is 18.2 Å². The summed E-state index contributed by atoms with van der Waals surface area (Å²) < 4.78 is 1.36. The van der Waals surface area contributed by atoms with Crippen molar-refractivity contribution in [1.82, 2.24) is 20.0 Å². The Morgan fingerprint density at radius 2 is 2.18 bits per heavy atom. The molecule has 0 saturated carbocycles. The molecule has 0 unspecified atom stereocenters. The van der Waals surface area contributed by atoms with Crippen LogP contribution in [0, 0.1) is 5.92 Å². The Morgan fingerprint density at radius 1 is 1.41 bits per heavy atom. The zero-order valence-electron chi connectivity index (χ0n) is 9.64. The first kappa shape index (κ1) is 11.9. The minimum atomic E-state index is -0.141. The molecule has 0 atom stereocenters. The first-order chi connectivity index (χ1) is 8.06. The highest BCUT2D eigenvalue weighted by molar-refractivity contribution is 6.29. The van der Waals surface area contributed by atoms with Crippen molar-refractivity contribution < 1.29 is 0 Å². The van der Waals surface area contributed by atoms with E-state index in [0.29, 0.717) is 16.9 Å². The standard InChI is InChI=1S/C11H13ClN4O/c1-7(2)5-8-6-11(17)16(15-8)10-4-3-9(12)13-14-10/h3-4,6-7,15H,5H2,1-2H3. The third-order valence-corrected chi connectivity index (χ3v) is 2.45. The lowest BCUT2D eigenvalue weighted by Crippen LogP contribution is -2.15. The Balaban J connectivity index is 2.36. The topological polar surface area (TPSA) is 63.6 Å². The highest BCUT2D eigenvalue weighted by atomic mass is 35.5. The van der Waals surface area contributed by atoms with Gasteiger partial charge in [-0.15, -0.1) is 10.2 Å². The molecule has 0 aromatic carbocycles. The maximum absolute atomic E-state index is 11.7. The van der Waals surface area contributed by atoms with Crippen LogP contribution in [0.4, 0.5) is 0 Å². The fourth-order valence-corrected chi connectivity index (χ4v) is 1.69. The van der Waals surface area contributed by atoms with Crippen molar-refractivity contribution in [3.05, 3.63) is 39.4 Å². The molecule has 2 rings (SSSR count). The summed E-state index contributed by atoms with van der Waals surface area (Å²) in [5.41, 5.74) is 0.749. The lowest BCUT2D eigenvalue weighted by Gasteiger charge is -2.02. The molecule has 0 aliphatic rings. The quantitative estimate of drug-likeness (QED) is 0.906. The Labute approximate surface area is 103 Å². The van der Waals surface area contributed by atoms with Crippen LogP contribution in [0.5, 0.6) is 0 Å². The van der Waals surface area contributed by atoms with Gasteiger partial charge in [-0.1, -0.05) is 25.4 Å². The number of halogens is 1. The smallest absolute Gasteiger partial charge is 0.272 e. The van der Waals surface area contributed by atoms with E-state index >= 15 is 0 Å². The van der Waals surface area contributed by atoms with Crippen molar-refractivity contribution in [1.29, 1.82) is 0 Å². The van der Waals surface area contributed by atoms with Gasteiger partial charge in [-0.3, -0.25) is 9.89 Å². The van der Waals surface area contributed by atoms with Crippen LogP contribution >= 0.6 is 11.6 Å². The van der Waals surface area contributed by atoms with E-state index in [1.165, 1.54) is 4.68 Å². The molecule has 0 bridgehead atoms. The number of hydrogen-bond acceptors (Lipinski definition) is 3. The predicted octanol–water partition coefficient (Wildman–Crippen LogP) is 1.81. The lowest BCUT2D eigenvalue weighted by molar-refractivity contribution is 0.626. The number of rotatable bonds is 3. The van der Waals surface area contributed by atoms with Crippen LogP contribution in [0.15, 0.2) is 23.0 Å². The number of H-pyrrole nitrogens is 1. The minimum absolute atomic E-state index is 0.141. The van der Waals surface area contributed by atoms with Crippen molar-refractivity contribution in [3.8, 4) is 5.82 Å². The van der Waals surface area contributed by atoms with Crippen LogP contribution in [0.2, 0.25) is 5.15 Å². The van der Waals surface area contributed by atoms with Gasteiger partial charge in [0.1, 0.15) is 0 Å². The molecular weight excluding hydrogens is 240 g/mol. The third-order valence-electron chi connectivity index (χ3n) is 2.25. The van der Waals surface area contributed by atoms with Gasteiger partial charge in [0.2, 0.25) is 0 Å². The number of nitrogens with one attached hydrogen (secondary N) is 1. The molecule has 0 radical (unpaired) electrons. The largest absolute Gasteiger partial charge is 0.294 e. The first-order valence-corrected chi connectivity index (χ1v) is 5.74. The second-order valence-electron chi connectivity index (χ2n) is 4.27. The van der Waals surface area contributed by atoms with Gasteiger partial charge >= 0.3 is 0 Å². The number of hydrogen-bond donors (Lipinski definition) is 1. The van der Waals surface area contributed by atoms with Crippen LogP contribution in [-0.2, 0) is 6.42 Å². The maximum Gasteiger partial charge on any atom is 0.272 e. The zero-order chi connectivity index (χ0) is 12.4. The van der Waals surface area contributed by atoms with Crippen molar-refractivity contribution in [2.75, 3.05) is 0 Å². The van der Waals surface area contributed by atoms with Gasteiger partial charge in [-0.05, 0) is 24.5 Å². The summed E-state index contributed by atoms with van der Waals surface area (Å²) in [7, 11) is 0. The summed E-state index contributed by atoms with van der Waals surface area (Å²) in [6, 6.07) is 4.82. The van der Waals surface area contributed by atoms with Gasteiger partial charge in [-0.2, -0.15) is 4.68 Å². The molecule has 0 amide bonds. The van der Waals surface area contributed by atoms with Crippen LogP contribution in [0.25, 0.3) is 5.82 Å². The average Bonchev–Trinajstić information content (AvgIpc) is 2.59. The number of aromatic amines is 1. The molecule has 0 spiro atoms. The van der Waals surface area contributed by atoms with Crippen molar-refractivity contribution >= 4 is 11.6 Å². The van der Waals surface area contributed by atoms with E-state index in [2.05, 4.69) is 29.1 Å². The van der Waals surface area contributed by atoms with E-state index < -0.39 is 0 Å². The second-order valence-corrected chi connectivity index (χ2v) is 4.65. The van der Waals surface area contributed by atoms with Gasteiger partial charge in [0, 0.05) is 11.8 Å². The molecule has 0 aliphatic carbocycles. The van der Waals surface area contributed by atoms with E-state index in [0.717, 1.165) is 12.1 Å². The van der Waals surface area contributed by atoms with Gasteiger partial charge < -0.3 is 0 Å². The summed E-state index contributed by atoms with van der Waals surface area (Å²) in [4.78, 5) is 11.7. The van der Waals surface area contributed by atoms with Crippen LogP contribution in [0.3, 0.4) is 0 Å². The van der Waals surface area contributed by atoms with Crippen LogP contribution in [0.1, 0.15) is 19.5 Å². The molecule has 1 N–H and O–H groups in total. The van der Waals surface area contributed by atoms with Crippen molar-refractivity contribution in [2.45, 2.75) is 20.3 Å². The molecule has 17 heavy (non-hydrogen) atoms. The average molecular weight is 253 g/mol. The predicted molar refractivity (Wildman–Crippen MR) is 65.5 cm³/mol. The number of nitrogens with zero attached hydrogens (tertiary/aromatic N) is 3. The van der Waals surface area contributed by atoms with E-state index in [-0.39, 0.29) is 5.56 Å². The van der Waals surface area contributed by atoms with E-state index in [1.807, 2.05) is 0 Å². The molecule has 90 valence electrons. The molecular formula is C11H13ClN4O. The zero-order valence-corrected chi connectivity index (χ0v) is 10.4. The third kappa shape index (κ3) is 2.74. The Hall–Kier alpha value is -1.62. The molecule has 0 saturated heterocycles.